The SMILES string of the molecule is CCOc1ccc(NC(=O)CSc2nnc([C@@H](C)Oc3ccc(CC)cc3)n2CC)cc1. The maximum Gasteiger partial charge on any atom is 0.234 e. The van der Waals surface area contributed by atoms with Gasteiger partial charge in [-0.05, 0) is 69.2 Å². The molecule has 0 aliphatic carbocycles. The van der Waals surface area contributed by atoms with Gasteiger partial charge in [-0.1, -0.05) is 30.8 Å². The number of nitrogens with one attached hydrogen (secondary N) is 1. The average Bonchev–Trinajstić information content (AvgIpc) is 3.23. The number of nitrogens with zero attached hydrogens (tertiary/aromatic N) is 3. The third kappa shape index (κ3) is 6.26. The second-order valence-corrected chi connectivity index (χ2v) is 8.08. The number of anilines is 1. The third-order valence-corrected chi connectivity index (χ3v) is 5.82. The Bertz CT molecular complexity index is 1000. The number of hydrogen-bond acceptors (Lipinski definition) is 6. The zero-order chi connectivity index (χ0) is 22.9. The van der Waals surface area contributed by atoms with Gasteiger partial charge in [-0.15, -0.1) is 10.2 Å². The first-order valence-electron chi connectivity index (χ1n) is 10.9. The maximum atomic E-state index is 12.4. The number of amides is 1. The van der Waals surface area contributed by atoms with E-state index >= 15 is 0 Å². The Morgan fingerprint density at radius 1 is 1.03 bits per heavy atom. The van der Waals surface area contributed by atoms with Crippen molar-refractivity contribution in [2.24, 2.45) is 0 Å². The summed E-state index contributed by atoms with van der Waals surface area (Å²) >= 11 is 1.36. The minimum atomic E-state index is -0.262. The molecule has 0 bridgehead atoms. The molecule has 3 rings (SSSR count). The zero-order valence-electron chi connectivity index (χ0n) is 19.0. The Balaban J connectivity index is 1.58. The Hall–Kier alpha value is -3.00. The van der Waals surface area contributed by atoms with Crippen molar-refractivity contribution in [3.8, 4) is 11.5 Å². The highest BCUT2D eigenvalue weighted by molar-refractivity contribution is 7.99. The normalized spacial score (nSPS) is 11.8. The molecule has 0 radical (unpaired) electrons. The van der Waals surface area contributed by atoms with Gasteiger partial charge in [-0.25, -0.2) is 0 Å². The minimum absolute atomic E-state index is 0.105. The maximum absolute atomic E-state index is 12.4. The molecule has 32 heavy (non-hydrogen) atoms. The average molecular weight is 455 g/mol. The lowest BCUT2D eigenvalue weighted by atomic mass is 10.2. The van der Waals surface area contributed by atoms with Crippen molar-refractivity contribution in [1.29, 1.82) is 0 Å². The van der Waals surface area contributed by atoms with Crippen LogP contribution < -0.4 is 14.8 Å². The van der Waals surface area contributed by atoms with Gasteiger partial charge in [0.25, 0.3) is 0 Å². The number of benzene rings is 2. The molecular formula is C24H30N4O3S. The summed E-state index contributed by atoms with van der Waals surface area (Å²) in [5.41, 5.74) is 2.00. The van der Waals surface area contributed by atoms with E-state index in [9.17, 15) is 4.79 Å². The third-order valence-electron chi connectivity index (χ3n) is 4.85. The van der Waals surface area contributed by atoms with Gasteiger partial charge in [-0.2, -0.15) is 0 Å². The summed E-state index contributed by atoms with van der Waals surface area (Å²) in [6, 6.07) is 15.4. The highest BCUT2D eigenvalue weighted by Gasteiger charge is 2.19. The van der Waals surface area contributed by atoms with Crippen LogP contribution in [-0.2, 0) is 17.8 Å². The van der Waals surface area contributed by atoms with Gasteiger partial charge < -0.3 is 19.4 Å². The largest absolute Gasteiger partial charge is 0.494 e. The van der Waals surface area contributed by atoms with E-state index in [0.29, 0.717) is 18.3 Å². The van der Waals surface area contributed by atoms with E-state index in [1.807, 2.05) is 61.7 Å². The molecule has 0 spiro atoms. The topological polar surface area (TPSA) is 78.3 Å². The predicted octanol–water partition coefficient (Wildman–Crippen LogP) is 5.13. The first-order chi connectivity index (χ1) is 15.5. The van der Waals surface area contributed by atoms with Gasteiger partial charge in [0.15, 0.2) is 17.1 Å². The molecule has 170 valence electrons. The van der Waals surface area contributed by atoms with E-state index < -0.39 is 0 Å². The van der Waals surface area contributed by atoms with Crippen molar-refractivity contribution in [2.75, 3.05) is 17.7 Å². The predicted molar refractivity (Wildman–Crippen MR) is 128 cm³/mol. The lowest BCUT2D eigenvalue weighted by Crippen LogP contribution is -2.15. The van der Waals surface area contributed by atoms with Crippen LogP contribution >= 0.6 is 11.8 Å². The van der Waals surface area contributed by atoms with Gasteiger partial charge in [-0.3, -0.25) is 4.79 Å². The fraction of sp³-hybridized carbons (Fsp3) is 0.375. The monoisotopic (exact) mass is 454 g/mol. The van der Waals surface area contributed by atoms with E-state index in [0.717, 1.165) is 29.4 Å². The van der Waals surface area contributed by atoms with Crippen molar-refractivity contribution in [1.82, 2.24) is 14.8 Å². The molecule has 7 nitrogen and oxygen atoms in total. The molecule has 0 aliphatic heterocycles. The summed E-state index contributed by atoms with van der Waals surface area (Å²) < 4.78 is 13.5. The van der Waals surface area contributed by atoms with Gasteiger partial charge in [0.2, 0.25) is 5.91 Å². The van der Waals surface area contributed by atoms with E-state index in [4.69, 9.17) is 9.47 Å². The smallest absolute Gasteiger partial charge is 0.234 e. The Morgan fingerprint density at radius 3 is 2.34 bits per heavy atom. The lowest BCUT2D eigenvalue weighted by molar-refractivity contribution is -0.113. The van der Waals surface area contributed by atoms with Crippen LogP contribution in [0.25, 0.3) is 0 Å². The molecule has 0 saturated heterocycles. The second-order valence-electron chi connectivity index (χ2n) is 7.14. The first kappa shape index (κ1) is 23.7. The van der Waals surface area contributed by atoms with Gasteiger partial charge in [0.1, 0.15) is 11.5 Å². The second kappa shape index (κ2) is 11.6. The highest BCUT2D eigenvalue weighted by Crippen LogP contribution is 2.25. The van der Waals surface area contributed by atoms with Gasteiger partial charge in [0, 0.05) is 12.2 Å². The van der Waals surface area contributed by atoms with Crippen molar-refractivity contribution >= 4 is 23.4 Å². The molecule has 0 aliphatic rings. The van der Waals surface area contributed by atoms with Crippen LogP contribution in [0.3, 0.4) is 0 Å². The van der Waals surface area contributed by atoms with E-state index in [1.165, 1.54) is 17.3 Å². The fourth-order valence-electron chi connectivity index (χ4n) is 3.19. The van der Waals surface area contributed by atoms with Crippen LogP contribution in [0, 0.1) is 0 Å². The van der Waals surface area contributed by atoms with E-state index in [-0.39, 0.29) is 17.8 Å². The van der Waals surface area contributed by atoms with Crippen molar-refractivity contribution in [2.45, 2.75) is 51.9 Å². The molecule has 3 aromatic rings. The van der Waals surface area contributed by atoms with Crippen LogP contribution in [-0.4, -0.2) is 33.0 Å². The van der Waals surface area contributed by atoms with Gasteiger partial charge >= 0.3 is 0 Å². The molecular weight excluding hydrogens is 424 g/mol. The summed E-state index contributed by atoms with van der Waals surface area (Å²) in [7, 11) is 0. The number of carbonyl (C=O) groups excluding carboxylic acids is 1. The Morgan fingerprint density at radius 2 is 1.72 bits per heavy atom. The summed E-state index contributed by atoms with van der Waals surface area (Å²) in [6.45, 7) is 9.34. The first-order valence-corrected chi connectivity index (χ1v) is 11.9. The van der Waals surface area contributed by atoms with Gasteiger partial charge in [0.05, 0.1) is 12.4 Å². The van der Waals surface area contributed by atoms with Crippen LogP contribution in [0.1, 0.15) is 45.2 Å². The number of ether oxygens (including phenoxy) is 2. The molecule has 2 aromatic carbocycles. The van der Waals surface area contributed by atoms with E-state index in [1.54, 1.807) is 0 Å². The number of thioether (sulfide) groups is 1. The Labute approximate surface area is 193 Å². The molecule has 8 heteroatoms. The molecule has 1 aromatic heterocycles. The summed E-state index contributed by atoms with van der Waals surface area (Å²) in [5.74, 6) is 2.44. The molecule has 1 amide bonds. The van der Waals surface area contributed by atoms with Crippen molar-refractivity contribution < 1.29 is 14.3 Å². The van der Waals surface area contributed by atoms with Crippen LogP contribution in [0.4, 0.5) is 5.69 Å². The molecule has 0 unspecified atom stereocenters. The van der Waals surface area contributed by atoms with Crippen molar-refractivity contribution in [3.05, 3.63) is 59.9 Å². The standard InChI is InChI=1S/C24H30N4O3S/c1-5-18-8-12-21(13-9-18)31-17(4)23-26-27-24(28(23)6-2)32-16-22(29)25-19-10-14-20(15-11-19)30-7-3/h8-15,17H,5-7,16H2,1-4H3,(H,25,29)/t17-/m1/s1. The highest BCUT2D eigenvalue weighted by atomic mass is 32.2. The number of aryl methyl sites for hydroxylation is 1. The molecule has 0 fully saturated rings. The molecule has 1 heterocycles. The van der Waals surface area contributed by atoms with Crippen LogP contribution in [0.15, 0.2) is 53.7 Å². The fourth-order valence-corrected chi connectivity index (χ4v) is 4.00. The lowest BCUT2D eigenvalue weighted by Gasteiger charge is -2.16. The number of carbonyl (C=O) groups is 1. The minimum Gasteiger partial charge on any atom is -0.494 e. The summed E-state index contributed by atoms with van der Waals surface area (Å²) in [4.78, 5) is 12.4. The quantitative estimate of drug-likeness (QED) is 0.405. The van der Waals surface area contributed by atoms with E-state index in [2.05, 4.69) is 34.6 Å². The molecule has 1 atom stereocenters. The Kier molecular flexibility index (Phi) is 8.56. The van der Waals surface area contributed by atoms with Crippen LogP contribution in [0.2, 0.25) is 0 Å². The van der Waals surface area contributed by atoms with Crippen molar-refractivity contribution in [3.63, 3.8) is 0 Å². The summed E-state index contributed by atoms with van der Waals surface area (Å²) in [6.07, 6.45) is 0.731. The molecule has 0 saturated carbocycles. The molecule has 1 N–H and O–H groups in total. The zero-order valence-corrected chi connectivity index (χ0v) is 19.8. The number of aromatic nitrogens is 3. The number of hydrogen-bond donors (Lipinski definition) is 1. The van der Waals surface area contributed by atoms with Crippen LogP contribution in [0.5, 0.6) is 11.5 Å². The summed E-state index contributed by atoms with van der Waals surface area (Å²) in [5, 5.41) is 12.2. The number of rotatable bonds is 11.